The van der Waals surface area contributed by atoms with Crippen LogP contribution in [0.15, 0.2) is 59.7 Å². The maximum atomic E-state index is 15.2. The molecule has 1 N–H and O–H groups in total. The molecule has 4 aliphatic carbocycles. The molecule has 37 heavy (non-hydrogen) atoms. The van der Waals surface area contributed by atoms with E-state index in [0.29, 0.717) is 18.4 Å². The predicted octanol–water partition coefficient (Wildman–Crippen LogP) is 7.99. The maximum Gasteiger partial charge on any atom is 0.197 e. The number of halogens is 4. The number of allylic oxidation sites excluding steroid dienone is 7. The van der Waals surface area contributed by atoms with E-state index in [1.165, 1.54) is 12.2 Å². The standard InChI is InChI=1S/C31H38F4O2/c1-3-18-37-27-17-14-24(28(32)31(27)35)9-6-20-4-7-22(8-5-20)25-15-16-26(30(34)29(25)33)23-12-10-21(11-13-23)19(2)36/h3,15-17,19-24,26,30,36H,1,4-5,7-8,10-14,18H2,2H3. The predicted molar refractivity (Wildman–Crippen MR) is 138 cm³/mol. The first-order valence-corrected chi connectivity index (χ1v) is 13.7. The lowest BCUT2D eigenvalue weighted by Gasteiger charge is -2.37. The van der Waals surface area contributed by atoms with Gasteiger partial charge in [-0.05, 0) is 94.1 Å². The molecule has 202 valence electrons. The van der Waals surface area contributed by atoms with Crippen molar-refractivity contribution < 1.29 is 27.4 Å². The lowest BCUT2D eigenvalue weighted by Crippen LogP contribution is -2.32. The van der Waals surface area contributed by atoms with Crippen LogP contribution in [0.4, 0.5) is 17.6 Å². The zero-order chi connectivity index (χ0) is 26.5. The first kappa shape index (κ1) is 27.8. The average molecular weight is 519 g/mol. The minimum absolute atomic E-state index is 0.0313. The van der Waals surface area contributed by atoms with Crippen molar-refractivity contribution in [2.24, 2.45) is 35.5 Å². The first-order chi connectivity index (χ1) is 17.8. The summed E-state index contributed by atoms with van der Waals surface area (Å²) in [6.07, 6.45) is 11.1. The molecule has 6 heteroatoms. The van der Waals surface area contributed by atoms with Crippen LogP contribution >= 0.6 is 0 Å². The second-order valence-corrected chi connectivity index (χ2v) is 11.0. The molecule has 0 aromatic rings. The smallest absolute Gasteiger partial charge is 0.197 e. The van der Waals surface area contributed by atoms with Crippen molar-refractivity contribution in [1.82, 2.24) is 0 Å². The molecule has 0 amide bonds. The number of hydrogen-bond acceptors (Lipinski definition) is 2. The van der Waals surface area contributed by atoms with E-state index >= 15 is 8.78 Å². The molecule has 0 heterocycles. The SMILES string of the molecule is C=CCOC1=CCC(C#CC2CCC(C3=C(F)C(F)C(C4CCC(C(C)O)CC4)C=C3)CC2)C(F)=C1F. The third-order valence-electron chi connectivity index (χ3n) is 8.65. The van der Waals surface area contributed by atoms with Gasteiger partial charge in [-0.15, -0.1) is 0 Å². The fraction of sp³-hybridized carbons (Fsp3) is 0.613. The number of ether oxygens (including phenoxy) is 1. The van der Waals surface area contributed by atoms with E-state index in [9.17, 15) is 13.9 Å². The van der Waals surface area contributed by atoms with Gasteiger partial charge in [0, 0.05) is 11.8 Å². The largest absolute Gasteiger partial charge is 0.487 e. The van der Waals surface area contributed by atoms with Crippen molar-refractivity contribution in [2.45, 2.75) is 77.0 Å². The molecular weight excluding hydrogens is 480 g/mol. The molecule has 4 aliphatic rings. The Balaban J connectivity index is 1.30. The number of rotatable bonds is 6. The van der Waals surface area contributed by atoms with Gasteiger partial charge in [0.25, 0.3) is 0 Å². The van der Waals surface area contributed by atoms with E-state index in [-0.39, 0.29) is 48.6 Å². The Morgan fingerprint density at radius 2 is 1.76 bits per heavy atom. The molecule has 2 nitrogen and oxygen atoms in total. The highest BCUT2D eigenvalue weighted by atomic mass is 19.2. The van der Waals surface area contributed by atoms with Gasteiger partial charge in [0.1, 0.15) is 12.4 Å². The van der Waals surface area contributed by atoms with Crippen molar-refractivity contribution in [3.05, 3.63) is 59.7 Å². The van der Waals surface area contributed by atoms with Crippen molar-refractivity contribution in [3.63, 3.8) is 0 Å². The molecule has 0 spiro atoms. The van der Waals surface area contributed by atoms with Crippen LogP contribution in [-0.4, -0.2) is 24.0 Å². The molecule has 0 radical (unpaired) electrons. The summed E-state index contributed by atoms with van der Waals surface area (Å²) < 4.78 is 64.2. The molecule has 0 aliphatic heterocycles. The monoisotopic (exact) mass is 518 g/mol. The van der Waals surface area contributed by atoms with E-state index in [1.54, 1.807) is 13.0 Å². The van der Waals surface area contributed by atoms with Gasteiger partial charge in [-0.2, -0.15) is 4.39 Å². The fourth-order valence-corrected chi connectivity index (χ4v) is 6.31. The highest BCUT2D eigenvalue weighted by Gasteiger charge is 2.38. The molecule has 0 saturated heterocycles. The number of alkyl halides is 1. The van der Waals surface area contributed by atoms with Gasteiger partial charge in [0.2, 0.25) is 0 Å². The molecule has 0 aromatic heterocycles. The van der Waals surface area contributed by atoms with Gasteiger partial charge in [-0.3, -0.25) is 0 Å². The van der Waals surface area contributed by atoms with Gasteiger partial charge in [-0.25, -0.2) is 13.2 Å². The minimum atomic E-state index is -1.60. The summed E-state index contributed by atoms with van der Waals surface area (Å²) in [4.78, 5) is 0. The lowest BCUT2D eigenvalue weighted by molar-refractivity contribution is 0.0715. The molecule has 4 unspecified atom stereocenters. The Labute approximate surface area is 218 Å². The van der Waals surface area contributed by atoms with Gasteiger partial charge in [0.05, 0.1) is 12.0 Å². The minimum Gasteiger partial charge on any atom is -0.487 e. The summed E-state index contributed by atoms with van der Waals surface area (Å²) in [5, 5.41) is 9.82. The van der Waals surface area contributed by atoms with Crippen molar-refractivity contribution >= 4 is 0 Å². The van der Waals surface area contributed by atoms with Crippen molar-refractivity contribution in [2.75, 3.05) is 6.61 Å². The van der Waals surface area contributed by atoms with Crippen LogP contribution in [0.25, 0.3) is 0 Å². The van der Waals surface area contributed by atoms with Crippen LogP contribution in [0.1, 0.15) is 64.7 Å². The summed E-state index contributed by atoms with van der Waals surface area (Å²) in [7, 11) is 0. The highest BCUT2D eigenvalue weighted by molar-refractivity contribution is 5.35. The second-order valence-electron chi connectivity index (χ2n) is 11.0. The van der Waals surface area contributed by atoms with E-state index in [4.69, 9.17) is 4.74 Å². The van der Waals surface area contributed by atoms with Crippen LogP contribution in [0.5, 0.6) is 0 Å². The van der Waals surface area contributed by atoms with Crippen LogP contribution in [-0.2, 0) is 4.74 Å². The van der Waals surface area contributed by atoms with Crippen LogP contribution in [0.3, 0.4) is 0 Å². The third-order valence-corrected chi connectivity index (χ3v) is 8.65. The summed E-state index contributed by atoms with van der Waals surface area (Å²) in [5.41, 5.74) is 0.480. The number of hydrogen-bond donors (Lipinski definition) is 1. The zero-order valence-corrected chi connectivity index (χ0v) is 21.6. The number of aliphatic hydroxyl groups excluding tert-OH is 1. The molecular formula is C31H38F4O2. The Hall–Kier alpha value is -2.26. The van der Waals surface area contributed by atoms with E-state index < -0.39 is 35.5 Å². The second kappa shape index (κ2) is 12.5. The summed E-state index contributed by atoms with van der Waals surface area (Å²) in [5.74, 6) is 2.47. The average Bonchev–Trinajstić information content (AvgIpc) is 2.91. The van der Waals surface area contributed by atoms with E-state index in [1.807, 2.05) is 6.08 Å². The highest BCUT2D eigenvalue weighted by Crippen LogP contribution is 2.45. The Morgan fingerprint density at radius 1 is 1.05 bits per heavy atom. The molecule has 0 bridgehead atoms. The van der Waals surface area contributed by atoms with E-state index in [2.05, 4.69) is 18.4 Å². The van der Waals surface area contributed by atoms with Crippen molar-refractivity contribution in [3.8, 4) is 11.8 Å². The molecule has 2 saturated carbocycles. The quantitative estimate of drug-likeness (QED) is 0.219. The third kappa shape index (κ3) is 6.42. The van der Waals surface area contributed by atoms with Gasteiger partial charge in [0.15, 0.2) is 23.6 Å². The fourth-order valence-electron chi connectivity index (χ4n) is 6.31. The summed E-state index contributed by atoms with van der Waals surface area (Å²) in [6, 6.07) is 0. The Kier molecular flexibility index (Phi) is 9.40. The van der Waals surface area contributed by atoms with Crippen LogP contribution in [0, 0.1) is 47.3 Å². The van der Waals surface area contributed by atoms with E-state index in [0.717, 1.165) is 38.5 Å². The summed E-state index contributed by atoms with van der Waals surface area (Å²) >= 11 is 0. The van der Waals surface area contributed by atoms with Crippen LogP contribution in [0.2, 0.25) is 0 Å². The topological polar surface area (TPSA) is 29.5 Å². The molecule has 4 rings (SSSR count). The Morgan fingerprint density at radius 3 is 2.41 bits per heavy atom. The Bertz CT molecular complexity index is 1010. The molecule has 4 atom stereocenters. The molecule has 0 aromatic carbocycles. The van der Waals surface area contributed by atoms with Crippen molar-refractivity contribution in [1.29, 1.82) is 0 Å². The van der Waals surface area contributed by atoms with Gasteiger partial charge >= 0.3 is 0 Å². The van der Waals surface area contributed by atoms with Gasteiger partial charge in [-0.1, -0.05) is 36.6 Å². The molecule has 2 fully saturated rings. The summed E-state index contributed by atoms with van der Waals surface area (Å²) in [6.45, 7) is 5.41. The first-order valence-electron chi connectivity index (χ1n) is 13.7. The normalized spacial score (nSPS) is 35.4. The lowest BCUT2D eigenvalue weighted by atomic mass is 9.70. The zero-order valence-electron chi connectivity index (χ0n) is 21.6. The van der Waals surface area contributed by atoms with Gasteiger partial charge < -0.3 is 9.84 Å². The maximum absolute atomic E-state index is 15.2. The van der Waals surface area contributed by atoms with Crippen LogP contribution < -0.4 is 0 Å². The number of aliphatic hydroxyl groups is 1.